The van der Waals surface area contributed by atoms with Crippen molar-refractivity contribution in [2.24, 2.45) is 0 Å². The Morgan fingerprint density at radius 3 is 2.74 bits per heavy atom. The van der Waals surface area contributed by atoms with Gasteiger partial charge in [0.1, 0.15) is 0 Å². The molecule has 1 heterocycles. The first-order valence-corrected chi connectivity index (χ1v) is 7.15. The van der Waals surface area contributed by atoms with Crippen LogP contribution in [0.5, 0.6) is 11.5 Å². The SMILES string of the molecule is CCN(Cc1ccc(O)c(O)c1)CC1CCCCN1. The smallest absolute Gasteiger partial charge is 0.157 e. The quantitative estimate of drug-likeness (QED) is 0.713. The molecule has 1 aliphatic rings. The minimum Gasteiger partial charge on any atom is -0.504 e. The summed E-state index contributed by atoms with van der Waals surface area (Å²) in [5.41, 5.74) is 1.04. The fourth-order valence-corrected chi connectivity index (χ4v) is 2.62. The molecule has 1 saturated heterocycles. The van der Waals surface area contributed by atoms with Crippen LogP contribution in [0.1, 0.15) is 31.7 Å². The van der Waals surface area contributed by atoms with Gasteiger partial charge in [-0.25, -0.2) is 0 Å². The Hall–Kier alpha value is -1.26. The molecule has 1 fully saturated rings. The van der Waals surface area contributed by atoms with E-state index in [2.05, 4.69) is 17.1 Å². The van der Waals surface area contributed by atoms with Crippen molar-refractivity contribution in [3.8, 4) is 11.5 Å². The maximum Gasteiger partial charge on any atom is 0.157 e. The molecule has 0 amide bonds. The van der Waals surface area contributed by atoms with Gasteiger partial charge in [0.05, 0.1) is 0 Å². The normalized spacial score (nSPS) is 19.8. The summed E-state index contributed by atoms with van der Waals surface area (Å²) >= 11 is 0. The van der Waals surface area contributed by atoms with Crippen LogP contribution < -0.4 is 5.32 Å². The summed E-state index contributed by atoms with van der Waals surface area (Å²) in [6, 6.07) is 5.65. The zero-order valence-corrected chi connectivity index (χ0v) is 11.6. The van der Waals surface area contributed by atoms with E-state index >= 15 is 0 Å². The summed E-state index contributed by atoms with van der Waals surface area (Å²) < 4.78 is 0. The van der Waals surface area contributed by atoms with Crippen LogP contribution in [-0.4, -0.2) is 40.8 Å². The van der Waals surface area contributed by atoms with Crippen molar-refractivity contribution in [2.75, 3.05) is 19.6 Å². The molecule has 106 valence electrons. The predicted molar refractivity (Wildman–Crippen MR) is 76.4 cm³/mol. The molecule has 1 aromatic carbocycles. The Morgan fingerprint density at radius 1 is 1.26 bits per heavy atom. The Bertz CT molecular complexity index is 403. The van der Waals surface area contributed by atoms with E-state index in [0.29, 0.717) is 6.04 Å². The second kappa shape index (κ2) is 6.78. The van der Waals surface area contributed by atoms with E-state index in [9.17, 15) is 10.2 Å². The molecule has 2 rings (SSSR count). The Labute approximate surface area is 115 Å². The fraction of sp³-hybridized carbons (Fsp3) is 0.600. The highest BCUT2D eigenvalue weighted by Gasteiger charge is 2.16. The van der Waals surface area contributed by atoms with Gasteiger partial charge in [-0.3, -0.25) is 4.90 Å². The van der Waals surface area contributed by atoms with Crippen LogP contribution in [0, 0.1) is 0 Å². The molecule has 4 heteroatoms. The highest BCUT2D eigenvalue weighted by molar-refractivity contribution is 5.40. The summed E-state index contributed by atoms with van der Waals surface area (Å²) in [5, 5.41) is 22.4. The lowest BCUT2D eigenvalue weighted by Crippen LogP contribution is -2.43. The summed E-state index contributed by atoms with van der Waals surface area (Å²) in [6.45, 7) is 6.12. The van der Waals surface area contributed by atoms with Gasteiger partial charge in [0.2, 0.25) is 0 Å². The van der Waals surface area contributed by atoms with Crippen LogP contribution in [0.3, 0.4) is 0 Å². The molecule has 0 saturated carbocycles. The van der Waals surface area contributed by atoms with Crippen molar-refractivity contribution in [3.05, 3.63) is 23.8 Å². The van der Waals surface area contributed by atoms with E-state index in [1.54, 1.807) is 12.1 Å². The molecule has 19 heavy (non-hydrogen) atoms. The van der Waals surface area contributed by atoms with E-state index < -0.39 is 0 Å². The number of phenols is 2. The monoisotopic (exact) mass is 264 g/mol. The van der Waals surface area contributed by atoms with E-state index in [1.165, 1.54) is 19.3 Å². The van der Waals surface area contributed by atoms with Gasteiger partial charge >= 0.3 is 0 Å². The topological polar surface area (TPSA) is 55.7 Å². The van der Waals surface area contributed by atoms with Crippen molar-refractivity contribution in [2.45, 2.75) is 38.8 Å². The third-order valence-corrected chi connectivity index (χ3v) is 3.78. The zero-order valence-electron chi connectivity index (χ0n) is 11.6. The standard InChI is InChI=1S/C15H24N2O2/c1-2-17(11-13-5-3-4-8-16-13)10-12-6-7-14(18)15(19)9-12/h6-7,9,13,16,18-19H,2-5,8,10-11H2,1H3. The van der Waals surface area contributed by atoms with Crippen molar-refractivity contribution < 1.29 is 10.2 Å². The van der Waals surface area contributed by atoms with Crippen LogP contribution in [0.4, 0.5) is 0 Å². The molecule has 0 radical (unpaired) electrons. The number of hydrogen-bond acceptors (Lipinski definition) is 4. The number of nitrogens with one attached hydrogen (secondary N) is 1. The molecule has 4 nitrogen and oxygen atoms in total. The highest BCUT2D eigenvalue weighted by atomic mass is 16.3. The molecular formula is C15H24N2O2. The number of benzene rings is 1. The summed E-state index contributed by atoms with van der Waals surface area (Å²) in [4.78, 5) is 2.37. The van der Waals surface area contributed by atoms with Crippen LogP contribution in [0.25, 0.3) is 0 Å². The lowest BCUT2D eigenvalue weighted by atomic mass is 10.0. The molecule has 0 spiro atoms. The maximum absolute atomic E-state index is 9.53. The lowest BCUT2D eigenvalue weighted by Gasteiger charge is -2.30. The van der Waals surface area contributed by atoms with Gasteiger partial charge in [-0.1, -0.05) is 19.4 Å². The fourth-order valence-electron chi connectivity index (χ4n) is 2.62. The van der Waals surface area contributed by atoms with Crippen molar-refractivity contribution in [3.63, 3.8) is 0 Å². The predicted octanol–water partition coefficient (Wildman–Crippen LogP) is 2.06. The first-order valence-electron chi connectivity index (χ1n) is 7.15. The number of hydrogen-bond donors (Lipinski definition) is 3. The maximum atomic E-state index is 9.53. The van der Waals surface area contributed by atoms with Crippen molar-refractivity contribution in [1.29, 1.82) is 0 Å². The number of nitrogens with zero attached hydrogens (tertiary/aromatic N) is 1. The van der Waals surface area contributed by atoms with Crippen molar-refractivity contribution >= 4 is 0 Å². The second-order valence-electron chi connectivity index (χ2n) is 5.30. The zero-order chi connectivity index (χ0) is 13.7. The second-order valence-corrected chi connectivity index (χ2v) is 5.30. The third kappa shape index (κ3) is 4.11. The van der Waals surface area contributed by atoms with Crippen LogP contribution in [0.2, 0.25) is 0 Å². The average Bonchev–Trinajstić information content (AvgIpc) is 2.43. The Balaban J connectivity index is 1.92. The van der Waals surface area contributed by atoms with Crippen LogP contribution >= 0.6 is 0 Å². The van der Waals surface area contributed by atoms with Crippen LogP contribution in [-0.2, 0) is 6.54 Å². The molecule has 0 aromatic heterocycles. The number of phenolic OH excluding ortho intramolecular Hbond substituents is 2. The number of rotatable bonds is 5. The van der Waals surface area contributed by atoms with Gasteiger partial charge in [0, 0.05) is 19.1 Å². The number of piperidine rings is 1. The van der Waals surface area contributed by atoms with E-state index in [1.807, 2.05) is 6.07 Å². The molecule has 3 N–H and O–H groups in total. The third-order valence-electron chi connectivity index (χ3n) is 3.78. The summed E-state index contributed by atoms with van der Waals surface area (Å²) in [5.74, 6) is -0.0925. The highest BCUT2D eigenvalue weighted by Crippen LogP contribution is 2.25. The molecule has 1 unspecified atom stereocenters. The van der Waals surface area contributed by atoms with Gasteiger partial charge in [-0.05, 0) is 43.6 Å². The van der Waals surface area contributed by atoms with E-state index in [-0.39, 0.29) is 11.5 Å². The first kappa shape index (κ1) is 14.2. The van der Waals surface area contributed by atoms with Gasteiger partial charge in [0.15, 0.2) is 11.5 Å². The van der Waals surface area contributed by atoms with Crippen LogP contribution in [0.15, 0.2) is 18.2 Å². The lowest BCUT2D eigenvalue weighted by molar-refractivity contribution is 0.226. The molecule has 1 atom stereocenters. The Kier molecular flexibility index (Phi) is 5.05. The Morgan fingerprint density at radius 2 is 2.11 bits per heavy atom. The van der Waals surface area contributed by atoms with Crippen molar-refractivity contribution in [1.82, 2.24) is 10.2 Å². The van der Waals surface area contributed by atoms with Gasteiger partial charge in [-0.15, -0.1) is 0 Å². The summed E-state index contributed by atoms with van der Waals surface area (Å²) in [7, 11) is 0. The molecular weight excluding hydrogens is 240 g/mol. The molecule has 0 aliphatic carbocycles. The minimum atomic E-state index is -0.0549. The van der Waals surface area contributed by atoms with Gasteiger partial charge in [0.25, 0.3) is 0 Å². The van der Waals surface area contributed by atoms with E-state index in [4.69, 9.17) is 0 Å². The number of likely N-dealkylation sites (N-methyl/N-ethyl adjacent to an activating group) is 1. The number of aromatic hydroxyl groups is 2. The largest absolute Gasteiger partial charge is 0.504 e. The first-order chi connectivity index (χ1) is 9.19. The average molecular weight is 264 g/mol. The van der Waals surface area contributed by atoms with Gasteiger partial charge in [-0.2, -0.15) is 0 Å². The molecule has 1 aromatic rings. The van der Waals surface area contributed by atoms with Gasteiger partial charge < -0.3 is 15.5 Å². The van der Waals surface area contributed by atoms with E-state index in [0.717, 1.165) is 31.7 Å². The molecule has 0 bridgehead atoms. The minimum absolute atomic E-state index is 0.0376. The molecule has 1 aliphatic heterocycles. The summed E-state index contributed by atoms with van der Waals surface area (Å²) in [6.07, 6.45) is 3.85.